The molecule has 1 aromatic heterocycles. The van der Waals surface area contributed by atoms with Crippen molar-refractivity contribution in [3.63, 3.8) is 0 Å². The van der Waals surface area contributed by atoms with Gasteiger partial charge in [0.2, 0.25) is 0 Å². The van der Waals surface area contributed by atoms with Crippen molar-refractivity contribution >= 4 is 33.7 Å². The van der Waals surface area contributed by atoms with Crippen LogP contribution in [0.3, 0.4) is 0 Å². The van der Waals surface area contributed by atoms with E-state index in [0.717, 1.165) is 21.4 Å². The van der Waals surface area contributed by atoms with Crippen LogP contribution in [-0.2, 0) is 4.79 Å². The lowest BCUT2D eigenvalue weighted by Gasteiger charge is -2.06. The molecule has 0 aliphatic rings. The van der Waals surface area contributed by atoms with Gasteiger partial charge in [0, 0.05) is 4.88 Å². The predicted molar refractivity (Wildman–Crippen MR) is 94.1 cm³/mol. The summed E-state index contributed by atoms with van der Waals surface area (Å²) in [5.74, 6) is 0.381. The van der Waals surface area contributed by atoms with Crippen LogP contribution in [0.25, 0.3) is 10.8 Å². The Kier molecular flexibility index (Phi) is 4.68. The van der Waals surface area contributed by atoms with Crippen LogP contribution in [0.5, 0.6) is 5.75 Å². The number of amides is 1. The number of nitrogens with one attached hydrogen (secondary N) is 1. The highest BCUT2D eigenvalue weighted by atomic mass is 32.1. The second kappa shape index (κ2) is 7.07. The molecule has 0 aliphatic carbocycles. The summed E-state index contributed by atoms with van der Waals surface area (Å²) < 4.78 is 5.52. The molecule has 1 amide bonds. The average Bonchev–Trinajstić information content (AvgIpc) is 3.12. The Morgan fingerprint density at radius 3 is 2.74 bits per heavy atom. The number of thiophene rings is 1. The van der Waals surface area contributed by atoms with Crippen LogP contribution in [0, 0.1) is 0 Å². The molecule has 4 nitrogen and oxygen atoms in total. The molecule has 5 heteroatoms. The largest absolute Gasteiger partial charge is 0.484 e. The molecule has 1 N–H and O–H groups in total. The van der Waals surface area contributed by atoms with E-state index in [0.29, 0.717) is 5.75 Å². The molecular formula is C18H16N2O2S. The van der Waals surface area contributed by atoms with Gasteiger partial charge in [-0.2, -0.15) is 5.10 Å². The first kappa shape index (κ1) is 15.2. The molecule has 0 bridgehead atoms. The van der Waals surface area contributed by atoms with Gasteiger partial charge < -0.3 is 4.74 Å². The first-order chi connectivity index (χ1) is 11.2. The lowest BCUT2D eigenvalue weighted by molar-refractivity contribution is -0.123. The molecular weight excluding hydrogens is 308 g/mol. The summed E-state index contributed by atoms with van der Waals surface area (Å²) in [6.45, 7) is 1.79. The van der Waals surface area contributed by atoms with Crippen LogP contribution in [-0.4, -0.2) is 18.2 Å². The Bertz CT molecular complexity index is 841. The van der Waals surface area contributed by atoms with Gasteiger partial charge in [-0.3, -0.25) is 4.79 Å². The normalized spacial score (nSPS) is 11.4. The van der Waals surface area contributed by atoms with E-state index < -0.39 is 0 Å². The minimum absolute atomic E-state index is 0.0699. The molecule has 0 radical (unpaired) electrons. The minimum atomic E-state index is -0.283. The Balaban J connectivity index is 1.56. The monoisotopic (exact) mass is 324 g/mol. The standard InChI is InChI=1S/C18H16N2O2S/c1-13(17-7-4-10-23-17)19-20-18(21)12-22-16-9-8-14-5-2-3-6-15(14)11-16/h2-11H,12H2,1H3,(H,20,21)/b19-13+. The number of benzene rings is 2. The van der Waals surface area contributed by atoms with E-state index in [2.05, 4.69) is 10.5 Å². The number of hydrogen-bond donors (Lipinski definition) is 1. The quantitative estimate of drug-likeness (QED) is 0.573. The number of ether oxygens (including phenoxy) is 1. The maximum atomic E-state index is 11.8. The van der Waals surface area contributed by atoms with E-state index >= 15 is 0 Å². The summed E-state index contributed by atoms with van der Waals surface area (Å²) in [5.41, 5.74) is 3.29. The highest BCUT2D eigenvalue weighted by molar-refractivity contribution is 7.12. The zero-order valence-electron chi connectivity index (χ0n) is 12.7. The molecule has 0 aliphatic heterocycles. The molecule has 0 saturated carbocycles. The third kappa shape index (κ3) is 3.96. The van der Waals surface area contributed by atoms with Crippen LogP contribution < -0.4 is 10.2 Å². The molecule has 0 unspecified atom stereocenters. The van der Waals surface area contributed by atoms with Crippen molar-refractivity contribution < 1.29 is 9.53 Å². The topological polar surface area (TPSA) is 50.7 Å². The molecule has 3 rings (SSSR count). The van der Waals surface area contributed by atoms with Crippen molar-refractivity contribution in [3.05, 3.63) is 64.9 Å². The van der Waals surface area contributed by atoms with Crippen LogP contribution in [0.1, 0.15) is 11.8 Å². The number of hydrazone groups is 1. The van der Waals surface area contributed by atoms with Crippen molar-refractivity contribution in [2.75, 3.05) is 6.61 Å². The molecule has 116 valence electrons. The molecule has 23 heavy (non-hydrogen) atoms. The second-order valence-corrected chi connectivity index (χ2v) is 5.95. The Morgan fingerprint density at radius 1 is 1.13 bits per heavy atom. The van der Waals surface area contributed by atoms with Gasteiger partial charge in [-0.05, 0) is 41.3 Å². The van der Waals surface area contributed by atoms with Gasteiger partial charge in [-0.15, -0.1) is 11.3 Å². The van der Waals surface area contributed by atoms with Crippen LogP contribution >= 0.6 is 11.3 Å². The molecule has 3 aromatic rings. The van der Waals surface area contributed by atoms with Crippen LogP contribution in [0.15, 0.2) is 65.1 Å². The number of nitrogens with zero attached hydrogens (tertiary/aromatic N) is 1. The van der Waals surface area contributed by atoms with Gasteiger partial charge in [0.1, 0.15) is 5.75 Å². The summed E-state index contributed by atoms with van der Waals surface area (Å²) in [7, 11) is 0. The van der Waals surface area contributed by atoms with Crippen molar-refractivity contribution in [1.82, 2.24) is 5.43 Å². The fourth-order valence-electron chi connectivity index (χ4n) is 2.12. The van der Waals surface area contributed by atoms with Crippen molar-refractivity contribution in [2.24, 2.45) is 5.10 Å². The number of carbonyl (C=O) groups is 1. The van der Waals surface area contributed by atoms with E-state index in [-0.39, 0.29) is 12.5 Å². The van der Waals surface area contributed by atoms with Crippen molar-refractivity contribution in [1.29, 1.82) is 0 Å². The molecule has 0 saturated heterocycles. The minimum Gasteiger partial charge on any atom is -0.484 e. The van der Waals surface area contributed by atoms with E-state index in [1.165, 1.54) is 0 Å². The van der Waals surface area contributed by atoms with Gasteiger partial charge in [0.25, 0.3) is 5.91 Å². The third-order valence-corrected chi connectivity index (χ3v) is 4.30. The number of carbonyl (C=O) groups excluding carboxylic acids is 1. The summed E-state index contributed by atoms with van der Waals surface area (Å²) >= 11 is 1.58. The van der Waals surface area contributed by atoms with Gasteiger partial charge in [0.05, 0.1) is 5.71 Å². The maximum Gasteiger partial charge on any atom is 0.277 e. The third-order valence-electron chi connectivity index (χ3n) is 3.32. The van der Waals surface area contributed by atoms with E-state index in [1.807, 2.05) is 66.9 Å². The average molecular weight is 324 g/mol. The zero-order chi connectivity index (χ0) is 16.1. The molecule has 2 aromatic carbocycles. The highest BCUT2D eigenvalue weighted by Crippen LogP contribution is 2.20. The van der Waals surface area contributed by atoms with Gasteiger partial charge in [-0.25, -0.2) is 5.43 Å². The van der Waals surface area contributed by atoms with Gasteiger partial charge in [-0.1, -0.05) is 36.4 Å². The predicted octanol–water partition coefficient (Wildman–Crippen LogP) is 3.82. The van der Waals surface area contributed by atoms with Crippen molar-refractivity contribution in [3.8, 4) is 5.75 Å². The Morgan fingerprint density at radius 2 is 1.96 bits per heavy atom. The lowest BCUT2D eigenvalue weighted by atomic mass is 10.1. The molecule has 0 atom stereocenters. The second-order valence-electron chi connectivity index (χ2n) is 5.01. The summed E-state index contributed by atoms with van der Waals surface area (Å²) in [5, 5.41) is 8.27. The zero-order valence-corrected chi connectivity index (χ0v) is 13.5. The number of rotatable bonds is 5. The SMILES string of the molecule is C/C(=N\NC(=O)COc1ccc2ccccc2c1)c1cccs1. The fourth-order valence-corrected chi connectivity index (χ4v) is 2.80. The van der Waals surface area contributed by atoms with E-state index in [4.69, 9.17) is 4.74 Å². The summed E-state index contributed by atoms with van der Waals surface area (Å²) in [4.78, 5) is 12.8. The summed E-state index contributed by atoms with van der Waals surface area (Å²) in [6.07, 6.45) is 0. The van der Waals surface area contributed by atoms with Crippen molar-refractivity contribution in [2.45, 2.75) is 6.92 Å². The Hall–Kier alpha value is -2.66. The first-order valence-corrected chi connectivity index (χ1v) is 8.09. The van der Waals surface area contributed by atoms with Crippen LogP contribution in [0.4, 0.5) is 0 Å². The van der Waals surface area contributed by atoms with Gasteiger partial charge >= 0.3 is 0 Å². The maximum absolute atomic E-state index is 11.8. The van der Waals surface area contributed by atoms with Gasteiger partial charge in [0.15, 0.2) is 6.61 Å². The number of fused-ring (bicyclic) bond motifs is 1. The highest BCUT2D eigenvalue weighted by Gasteiger charge is 2.04. The lowest BCUT2D eigenvalue weighted by Crippen LogP contribution is -2.25. The first-order valence-electron chi connectivity index (χ1n) is 7.21. The molecule has 1 heterocycles. The number of hydrogen-bond acceptors (Lipinski definition) is 4. The van der Waals surface area contributed by atoms with E-state index in [9.17, 15) is 4.79 Å². The fraction of sp³-hybridized carbons (Fsp3) is 0.111. The molecule has 0 spiro atoms. The van der Waals surface area contributed by atoms with E-state index in [1.54, 1.807) is 11.3 Å². The Labute approximate surface area is 138 Å². The van der Waals surface area contributed by atoms with Crippen LogP contribution in [0.2, 0.25) is 0 Å². The molecule has 0 fully saturated rings. The smallest absolute Gasteiger partial charge is 0.277 e. The summed E-state index contributed by atoms with van der Waals surface area (Å²) in [6, 6.07) is 17.7.